The van der Waals surface area contributed by atoms with Crippen molar-refractivity contribution in [2.24, 2.45) is 5.92 Å². The van der Waals surface area contributed by atoms with Crippen LogP contribution < -0.4 is 4.74 Å². The fourth-order valence-electron chi connectivity index (χ4n) is 4.95. The van der Waals surface area contributed by atoms with Gasteiger partial charge in [0, 0.05) is 57.0 Å². The number of benzene rings is 1. The first-order chi connectivity index (χ1) is 14.3. The molecule has 5 nitrogen and oxygen atoms in total. The fraction of sp³-hybridized carbons (Fsp3) is 0.417. The van der Waals surface area contributed by atoms with Crippen LogP contribution in [0.5, 0.6) is 5.75 Å². The van der Waals surface area contributed by atoms with Gasteiger partial charge in [0.1, 0.15) is 5.75 Å². The van der Waals surface area contributed by atoms with Gasteiger partial charge in [-0.05, 0) is 42.5 Å². The SMILES string of the molecule is c1cncc(CN2CCC3(CC2)Oc2ccccc2-c2ncn(CC4CC4)c23)c1. The zero-order valence-electron chi connectivity index (χ0n) is 16.6. The molecule has 1 spiro atoms. The van der Waals surface area contributed by atoms with Crippen LogP contribution in [-0.4, -0.2) is 32.5 Å². The van der Waals surface area contributed by atoms with Crippen molar-refractivity contribution in [3.8, 4) is 17.0 Å². The molecule has 148 valence electrons. The third-order valence-electron chi connectivity index (χ3n) is 6.66. The summed E-state index contributed by atoms with van der Waals surface area (Å²) < 4.78 is 9.19. The van der Waals surface area contributed by atoms with Gasteiger partial charge in [0.2, 0.25) is 0 Å². The number of nitrogens with zero attached hydrogens (tertiary/aromatic N) is 4. The van der Waals surface area contributed by atoms with Crippen LogP contribution in [0.15, 0.2) is 55.1 Å². The number of fused-ring (bicyclic) bond motifs is 4. The second-order valence-corrected chi connectivity index (χ2v) is 8.77. The summed E-state index contributed by atoms with van der Waals surface area (Å²) >= 11 is 0. The molecule has 6 rings (SSSR count). The van der Waals surface area contributed by atoms with Gasteiger partial charge in [-0.15, -0.1) is 0 Å². The predicted molar refractivity (Wildman–Crippen MR) is 111 cm³/mol. The molecule has 3 aliphatic rings. The smallest absolute Gasteiger partial charge is 0.153 e. The Balaban J connectivity index is 1.32. The molecule has 1 saturated heterocycles. The second-order valence-electron chi connectivity index (χ2n) is 8.77. The number of rotatable bonds is 4. The first kappa shape index (κ1) is 17.2. The van der Waals surface area contributed by atoms with E-state index in [0.717, 1.165) is 61.9 Å². The third kappa shape index (κ3) is 3.04. The van der Waals surface area contributed by atoms with Crippen molar-refractivity contribution in [3.05, 3.63) is 66.4 Å². The molecular formula is C24H26N4O. The van der Waals surface area contributed by atoms with Crippen molar-refractivity contribution < 1.29 is 4.74 Å². The van der Waals surface area contributed by atoms with Crippen molar-refractivity contribution in [2.45, 2.75) is 44.4 Å². The lowest BCUT2D eigenvalue weighted by molar-refractivity contribution is -0.0131. The van der Waals surface area contributed by atoms with E-state index < -0.39 is 0 Å². The van der Waals surface area contributed by atoms with Gasteiger partial charge in [-0.25, -0.2) is 4.98 Å². The summed E-state index contributed by atoms with van der Waals surface area (Å²) in [6, 6.07) is 12.6. The molecule has 2 aromatic heterocycles. The van der Waals surface area contributed by atoms with E-state index in [1.54, 1.807) is 0 Å². The van der Waals surface area contributed by atoms with E-state index in [2.05, 4.69) is 51.1 Å². The number of aromatic nitrogens is 3. The van der Waals surface area contributed by atoms with Crippen LogP contribution in [0.4, 0.5) is 0 Å². The Labute approximate surface area is 171 Å². The van der Waals surface area contributed by atoms with E-state index in [-0.39, 0.29) is 5.60 Å². The molecule has 0 N–H and O–H groups in total. The largest absolute Gasteiger partial charge is 0.480 e. The molecule has 0 unspecified atom stereocenters. The Morgan fingerprint density at radius 2 is 1.93 bits per heavy atom. The summed E-state index contributed by atoms with van der Waals surface area (Å²) in [7, 11) is 0. The van der Waals surface area contributed by atoms with Crippen molar-refractivity contribution in [3.63, 3.8) is 0 Å². The Bertz CT molecular complexity index is 1020. The van der Waals surface area contributed by atoms with Gasteiger partial charge >= 0.3 is 0 Å². The van der Waals surface area contributed by atoms with E-state index in [1.165, 1.54) is 24.1 Å². The number of pyridine rings is 1. The molecule has 29 heavy (non-hydrogen) atoms. The summed E-state index contributed by atoms with van der Waals surface area (Å²) in [6.07, 6.45) is 10.5. The van der Waals surface area contributed by atoms with E-state index in [9.17, 15) is 0 Å². The highest BCUT2D eigenvalue weighted by Gasteiger charge is 2.46. The molecular weight excluding hydrogens is 360 g/mol. The predicted octanol–water partition coefficient (Wildman–Crippen LogP) is 4.24. The number of para-hydroxylation sites is 1. The van der Waals surface area contributed by atoms with Crippen LogP contribution in [0, 0.1) is 5.92 Å². The molecule has 0 radical (unpaired) electrons. The third-order valence-corrected chi connectivity index (χ3v) is 6.66. The lowest BCUT2D eigenvalue weighted by Gasteiger charge is -2.44. The van der Waals surface area contributed by atoms with Gasteiger partial charge in [0.25, 0.3) is 0 Å². The molecule has 1 aromatic carbocycles. The number of hydrogen-bond donors (Lipinski definition) is 0. The van der Waals surface area contributed by atoms with Crippen LogP contribution >= 0.6 is 0 Å². The zero-order chi connectivity index (χ0) is 19.3. The number of likely N-dealkylation sites (tertiary alicyclic amines) is 1. The maximum Gasteiger partial charge on any atom is 0.153 e. The van der Waals surface area contributed by atoms with Crippen LogP contribution in [0.25, 0.3) is 11.3 Å². The molecule has 1 aliphatic carbocycles. The first-order valence-corrected chi connectivity index (χ1v) is 10.8. The van der Waals surface area contributed by atoms with Crippen LogP contribution in [-0.2, 0) is 18.7 Å². The summed E-state index contributed by atoms with van der Waals surface area (Å²) in [4.78, 5) is 11.7. The lowest BCUT2D eigenvalue weighted by atomic mass is 9.83. The normalized spacial score (nSPS) is 20.1. The van der Waals surface area contributed by atoms with Crippen LogP contribution in [0.1, 0.15) is 36.9 Å². The van der Waals surface area contributed by atoms with Gasteiger partial charge < -0.3 is 9.30 Å². The Morgan fingerprint density at radius 1 is 1.07 bits per heavy atom. The van der Waals surface area contributed by atoms with Gasteiger partial charge in [0.05, 0.1) is 17.7 Å². The highest BCUT2D eigenvalue weighted by molar-refractivity contribution is 5.72. The molecule has 5 heteroatoms. The monoisotopic (exact) mass is 386 g/mol. The maximum atomic E-state index is 6.79. The minimum absolute atomic E-state index is 0.263. The fourth-order valence-corrected chi connectivity index (χ4v) is 4.95. The van der Waals surface area contributed by atoms with E-state index in [1.807, 2.05) is 18.5 Å². The molecule has 4 heterocycles. The highest BCUT2D eigenvalue weighted by atomic mass is 16.5. The van der Waals surface area contributed by atoms with Crippen molar-refractivity contribution in [1.29, 1.82) is 0 Å². The Hall–Kier alpha value is -2.66. The number of piperidine rings is 1. The number of hydrogen-bond acceptors (Lipinski definition) is 4. The van der Waals surface area contributed by atoms with E-state index >= 15 is 0 Å². The molecule has 2 fully saturated rings. The van der Waals surface area contributed by atoms with Gasteiger partial charge in [0.15, 0.2) is 5.60 Å². The average molecular weight is 386 g/mol. The Kier molecular flexibility index (Phi) is 3.98. The molecule has 0 amide bonds. The number of ether oxygens (including phenoxy) is 1. The van der Waals surface area contributed by atoms with Crippen molar-refractivity contribution in [1.82, 2.24) is 19.4 Å². The minimum atomic E-state index is -0.263. The molecule has 0 bridgehead atoms. The molecule has 0 atom stereocenters. The molecule has 1 saturated carbocycles. The minimum Gasteiger partial charge on any atom is -0.480 e. The van der Waals surface area contributed by atoms with Gasteiger partial charge in [-0.3, -0.25) is 9.88 Å². The summed E-state index contributed by atoms with van der Waals surface area (Å²) in [5.74, 6) is 1.80. The first-order valence-electron chi connectivity index (χ1n) is 10.8. The standard InChI is InChI=1S/C24H26N4O/c1-2-6-21-20(5-1)22-23(28(17-26-22)16-18-7-8-18)24(29-21)9-12-27(13-10-24)15-19-4-3-11-25-14-19/h1-6,11,14,17-18H,7-10,12-13,15-16H2. The quantitative estimate of drug-likeness (QED) is 0.673. The second kappa shape index (κ2) is 6.70. The van der Waals surface area contributed by atoms with E-state index in [0.29, 0.717) is 0 Å². The maximum absolute atomic E-state index is 6.79. The van der Waals surface area contributed by atoms with Crippen molar-refractivity contribution >= 4 is 0 Å². The lowest BCUT2D eigenvalue weighted by Crippen LogP contribution is -2.48. The van der Waals surface area contributed by atoms with Crippen LogP contribution in [0.3, 0.4) is 0 Å². The van der Waals surface area contributed by atoms with Gasteiger partial charge in [-0.1, -0.05) is 18.2 Å². The van der Waals surface area contributed by atoms with Gasteiger partial charge in [-0.2, -0.15) is 0 Å². The Morgan fingerprint density at radius 3 is 2.72 bits per heavy atom. The summed E-state index contributed by atoms with van der Waals surface area (Å²) in [6.45, 7) is 4.07. The van der Waals surface area contributed by atoms with Crippen LogP contribution in [0.2, 0.25) is 0 Å². The zero-order valence-corrected chi connectivity index (χ0v) is 16.6. The summed E-state index contributed by atoms with van der Waals surface area (Å²) in [5.41, 5.74) is 4.59. The van der Waals surface area contributed by atoms with Crippen molar-refractivity contribution in [2.75, 3.05) is 13.1 Å². The average Bonchev–Trinajstić information content (AvgIpc) is 3.47. The summed E-state index contributed by atoms with van der Waals surface area (Å²) in [5, 5.41) is 0. The van der Waals surface area contributed by atoms with E-state index in [4.69, 9.17) is 9.72 Å². The topological polar surface area (TPSA) is 43.2 Å². The number of imidazole rings is 1. The molecule has 3 aromatic rings. The highest BCUT2D eigenvalue weighted by Crippen LogP contribution is 2.49. The molecule has 2 aliphatic heterocycles.